The number of nitrogens with one attached hydrogen (secondary N) is 2. The molecular weight excluding hydrogens is 394 g/mol. The molecule has 7 heteroatoms. The highest BCUT2D eigenvalue weighted by Gasteiger charge is 2.16. The van der Waals surface area contributed by atoms with E-state index in [4.69, 9.17) is 9.15 Å². The molecule has 0 aliphatic rings. The van der Waals surface area contributed by atoms with Crippen molar-refractivity contribution < 1.29 is 18.7 Å². The summed E-state index contributed by atoms with van der Waals surface area (Å²) < 4.78 is 11.0. The number of benzene rings is 2. The summed E-state index contributed by atoms with van der Waals surface area (Å²) in [6, 6.07) is 14.8. The van der Waals surface area contributed by atoms with Crippen LogP contribution in [-0.2, 0) is 16.0 Å². The van der Waals surface area contributed by atoms with E-state index in [0.29, 0.717) is 29.4 Å². The summed E-state index contributed by atoms with van der Waals surface area (Å²) in [5.41, 5.74) is 2.77. The van der Waals surface area contributed by atoms with Gasteiger partial charge >= 0.3 is 6.09 Å². The van der Waals surface area contributed by atoms with Crippen LogP contribution in [0.4, 0.5) is 16.2 Å². The van der Waals surface area contributed by atoms with Crippen molar-refractivity contribution in [2.45, 2.75) is 46.1 Å². The molecule has 31 heavy (non-hydrogen) atoms. The van der Waals surface area contributed by atoms with Crippen LogP contribution < -0.4 is 10.6 Å². The summed E-state index contributed by atoms with van der Waals surface area (Å²) >= 11 is 0. The molecule has 0 aliphatic carbocycles. The molecule has 3 rings (SSSR count). The normalized spacial score (nSPS) is 11.1. The van der Waals surface area contributed by atoms with E-state index in [-0.39, 0.29) is 12.3 Å². The van der Waals surface area contributed by atoms with Crippen molar-refractivity contribution in [2.75, 3.05) is 10.6 Å². The lowest BCUT2D eigenvalue weighted by molar-refractivity contribution is -0.116. The monoisotopic (exact) mass is 421 g/mol. The predicted octanol–water partition coefficient (Wildman–Crippen LogP) is 5.57. The van der Waals surface area contributed by atoms with E-state index in [1.54, 1.807) is 51.2 Å². The highest BCUT2D eigenvalue weighted by Crippen LogP contribution is 2.21. The molecule has 2 amide bonds. The number of rotatable bonds is 6. The Balaban J connectivity index is 1.48. The Bertz CT molecular complexity index is 1030. The number of hydrogen-bond donors (Lipinski definition) is 2. The van der Waals surface area contributed by atoms with Gasteiger partial charge in [0, 0.05) is 29.8 Å². The second-order valence-corrected chi connectivity index (χ2v) is 8.24. The molecule has 0 saturated carbocycles. The number of anilines is 2. The Kier molecular flexibility index (Phi) is 6.74. The zero-order valence-electron chi connectivity index (χ0n) is 18.2. The van der Waals surface area contributed by atoms with Gasteiger partial charge in [-0.1, -0.05) is 29.8 Å². The second kappa shape index (κ2) is 9.47. The first-order chi connectivity index (χ1) is 14.7. The van der Waals surface area contributed by atoms with Crippen LogP contribution in [-0.4, -0.2) is 22.6 Å². The largest absolute Gasteiger partial charge is 0.444 e. The standard InChI is InChI=1S/C24H27N3O4/c1-16-5-7-17(8-6-16)20-15-25-22(30-20)14-13-21(28)26-18-9-11-19(12-10-18)27-23(29)31-24(2,3)4/h5-12,15H,13-14H2,1-4H3,(H,26,28)(H,27,29). The van der Waals surface area contributed by atoms with E-state index < -0.39 is 11.7 Å². The Morgan fingerprint density at radius 2 is 1.58 bits per heavy atom. The van der Waals surface area contributed by atoms with Crippen LogP contribution in [0.3, 0.4) is 0 Å². The lowest BCUT2D eigenvalue weighted by Gasteiger charge is -2.19. The third kappa shape index (κ3) is 6.99. The number of ether oxygens (including phenoxy) is 1. The first-order valence-corrected chi connectivity index (χ1v) is 10.1. The number of oxazole rings is 1. The van der Waals surface area contributed by atoms with E-state index in [2.05, 4.69) is 15.6 Å². The van der Waals surface area contributed by atoms with Gasteiger partial charge in [-0.05, 0) is 52.0 Å². The molecule has 0 unspecified atom stereocenters. The number of hydrogen-bond acceptors (Lipinski definition) is 5. The molecule has 162 valence electrons. The molecular formula is C24H27N3O4. The number of amides is 2. The summed E-state index contributed by atoms with van der Waals surface area (Å²) in [7, 11) is 0. The van der Waals surface area contributed by atoms with Gasteiger partial charge in [-0.25, -0.2) is 9.78 Å². The molecule has 1 aromatic heterocycles. The lowest BCUT2D eigenvalue weighted by Crippen LogP contribution is -2.27. The van der Waals surface area contributed by atoms with Gasteiger partial charge in [0.25, 0.3) is 0 Å². The molecule has 7 nitrogen and oxygen atoms in total. The van der Waals surface area contributed by atoms with Gasteiger partial charge in [-0.2, -0.15) is 0 Å². The van der Waals surface area contributed by atoms with Gasteiger partial charge in [-0.3, -0.25) is 10.1 Å². The minimum Gasteiger partial charge on any atom is -0.444 e. The van der Waals surface area contributed by atoms with Gasteiger partial charge < -0.3 is 14.5 Å². The van der Waals surface area contributed by atoms with Crippen LogP contribution in [0, 0.1) is 6.92 Å². The van der Waals surface area contributed by atoms with Crippen LogP contribution in [0.5, 0.6) is 0 Å². The van der Waals surface area contributed by atoms with Gasteiger partial charge in [-0.15, -0.1) is 0 Å². The van der Waals surface area contributed by atoms with Crippen molar-refractivity contribution in [2.24, 2.45) is 0 Å². The van der Waals surface area contributed by atoms with Crippen molar-refractivity contribution in [3.8, 4) is 11.3 Å². The van der Waals surface area contributed by atoms with E-state index in [1.807, 2.05) is 31.2 Å². The lowest BCUT2D eigenvalue weighted by atomic mass is 10.1. The number of carbonyl (C=O) groups excluding carboxylic acids is 2. The maximum atomic E-state index is 12.2. The third-order valence-corrected chi connectivity index (χ3v) is 4.27. The van der Waals surface area contributed by atoms with Crippen LogP contribution in [0.1, 0.15) is 38.6 Å². The first kappa shape index (κ1) is 22.1. The first-order valence-electron chi connectivity index (χ1n) is 10.1. The number of aromatic nitrogens is 1. The number of aryl methyl sites for hydroxylation is 2. The van der Waals surface area contributed by atoms with Crippen LogP contribution in [0.15, 0.2) is 59.1 Å². The molecule has 0 atom stereocenters. The third-order valence-electron chi connectivity index (χ3n) is 4.27. The van der Waals surface area contributed by atoms with Crippen molar-refractivity contribution >= 4 is 23.4 Å². The molecule has 0 radical (unpaired) electrons. The van der Waals surface area contributed by atoms with E-state index in [9.17, 15) is 9.59 Å². The number of nitrogens with zero attached hydrogens (tertiary/aromatic N) is 1. The molecule has 0 aliphatic heterocycles. The average Bonchev–Trinajstić information content (AvgIpc) is 3.16. The Morgan fingerprint density at radius 1 is 0.968 bits per heavy atom. The van der Waals surface area contributed by atoms with Gasteiger partial charge in [0.15, 0.2) is 11.7 Å². The van der Waals surface area contributed by atoms with Gasteiger partial charge in [0.2, 0.25) is 5.91 Å². The smallest absolute Gasteiger partial charge is 0.412 e. The Labute approximate surface area is 181 Å². The fraction of sp³-hybridized carbons (Fsp3) is 0.292. The summed E-state index contributed by atoms with van der Waals surface area (Å²) in [5.74, 6) is 1.05. The predicted molar refractivity (Wildman–Crippen MR) is 120 cm³/mol. The molecule has 0 spiro atoms. The topological polar surface area (TPSA) is 93.5 Å². The van der Waals surface area contributed by atoms with Crippen LogP contribution >= 0.6 is 0 Å². The minimum atomic E-state index is -0.568. The summed E-state index contributed by atoms with van der Waals surface area (Å²) in [6.45, 7) is 7.42. The number of carbonyl (C=O) groups is 2. The summed E-state index contributed by atoms with van der Waals surface area (Å²) in [6.07, 6.45) is 1.79. The highest BCUT2D eigenvalue weighted by molar-refractivity contribution is 5.91. The fourth-order valence-corrected chi connectivity index (χ4v) is 2.78. The van der Waals surface area contributed by atoms with E-state index in [1.165, 1.54) is 5.56 Å². The van der Waals surface area contributed by atoms with Crippen LogP contribution in [0.25, 0.3) is 11.3 Å². The molecule has 3 aromatic rings. The molecule has 2 aromatic carbocycles. The molecule has 0 saturated heterocycles. The van der Waals surface area contributed by atoms with Crippen molar-refractivity contribution in [3.63, 3.8) is 0 Å². The van der Waals surface area contributed by atoms with Crippen LogP contribution in [0.2, 0.25) is 0 Å². The van der Waals surface area contributed by atoms with Crippen molar-refractivity contribution in [1.82, 2.24) is 4.98 Å². The zero-order valence-corrected chi connectivity index (χ0v) is 18.2. The quantitative estimate of drug-likeness (QED) is 0.543. The van der Waals surface area contributed by atoms with Crippen molar-refractivity contribution in [3.05, 3.63) is 66.2 Å². The van der Waals surface area contributed by atoms with E-state index in [0.717, 1.165) is 5.56 Å². The molecule has 0 bridgehead atoms. The van der Waals surface area contributed by atoms with Crippen molar-refractivity contribution in [1.29, 1.82) is 0 Å². The zero-order chi connectivity index (χ0) is 22.4. The second-order valence-electron chi connectivity index (χ2n) is 8.24. The highest BCUT2D eigenvalue weighted by atomic mass is 16.6. The summed E-state index contributed by atoms with van der Waals surface area (Å²) in [4.78, 5) is 28.3. The van der Waals surface area contributed by atoms with Gasteiger partial charge in [0.05, 0.1) is 6.20 Å². The Morgan fingerprint density at radius 3 is 2.19 bits per heavy atom. The summed E-state index contributed by atoms with van der Waals surface area (Å²) in [5, 5.41) is 5.47. The maximum absolute atomic E-state index is 12.2. The maximum Gasteiger partial charge on any atom is 0.412 e. The average molecular weight is 421 g/mol. The molecule has 1 heterocycles. The van der Waals surface area contributed by atoms with E-state index >= 15 is 0 Å². The minimum absolute atomic E-state index is 0.150. The van der Waals surface area contributed by atoms with Gasteiger partial charge in [0.1, 0.15) is 5.60 Å². The molecule has 2 N–H and O–H groups in total. The SMILES string of the molecule is Cc1ccc(-c2cnc(CCC(=O)Nc3ccc(NC(=O)OC(C)(C)C)cc3)o2)cc1. The molecule has 0 fully saturated rings. The fourth-order valence-electron chi connectivity index (χ4n) is 2.78. The Hall–Kier alpha value is -3.61.